The van der Waals surface area contributed by atoms with Crippen LogP contribution in [0.2, 0.25) is 5.02 Å². The lowest BCUT2D eigenvalue weighted by atomic mass is 9.90. The Balaban J connectivity index is 2.28. The number of aryl methyl sites for hydroxylation is 2. The van der Waals surface area contributed by atoms with Crippen LogP contribution < -0.4 is 0 Å². The van der Waals surface area contributed by atoms with E-state index in [4.69, 9.17) is 16.3 Å². The van der Waals surface area contributed by atoms with E-state index in [1.807, 2.05) is 0 Å². The normalized spacial score (nSPS) is 25.4. The highest BCUT2D eigenvalue weighted by atomic mass is 79.9. The number of alkyl halides is 1. The van der Waals surface area contributed by atoms with E-state index in [0.717, 1.165) is 24.5 Å². The Hall–Kier alpha value is -0.0500. The fourth-order valence-electron chi connectivity index (χ4n) is 2.67. The van der Waals surface area contributed by atoms with Crippen LogP contribution in [0.15, 0.2) is 12.1 Å². The van der Waals surface area contributed by atoms with E-state index >= 15 is 0 Å². The molecule has 1 nitrogen and oxygen atoms in total. The molecule has 0 N–H and O–H groups in total. The van der Waals surface area contributed by atoms with Gasteiger partial charge in [0, 0.05) is 22.4 Å². The van der Waals surface area contributed by atoms with Gasteiger partial charge in [0.2, 0.25) is 0 Å². The van der Waals surface area contributed by atoms with Gasteiger partial charge in [0.05, 0.1) is 6.10 Å². The van der Waals surface area contributed by atoms with Crippen molar-refractivity contribution in [1.29, 1.82) is 0 Å². The maximum Gasteiger partial charge on any atom is 0.0615 e. The summed E-state index contributed by atoms with van der Waals surface area (Å²) in [5.41, 5.74) is 3.75. The minimum absolute atomic E-state index is 0.289. The predicted molar refractivity (Wildman–Crippen MR) is 80.7 cm³/mol. The van der Waals surface area contributed by atoms with Crippen LogP contribution >= 0.6 is 27.5 Å². The van der Waals surface area contributed by atoms with E-state index in [2.05, 4.69) is 48.8 Å². The van der Waals surface area contributed by atoms with E-state index in [9.17, 15) is 0 Å². The average molecular weight is 332 g/mol. The second-order valence-electron chi connectivity index (χ2n) is 5.13. The van der Waals surface area contributed by atoms with Crippen molar-refractivity contribution in [2.75, 3.05) is 6.61 Å². The third-order valence-corrected chi connectivity index (χ3v) is 5.45. The molecule has 18 heavy (non-hydrogen) atoms. The van der Waals surface area contributed by atoms with E-state index in [0.29, 0.717) is 12.0 Å². The number of halogens is 2. The first kappa shape index (κ1) is 14.4. The number of benzene rings is 1. The van der Waals surface area contributed by atoms with Crippen molar-refractivity contribution in [2.24, 2.45) is 5.92 Å². The van der Waals surface area contributed by atoms with Crippen molar-refractivity contribution in [1.82, 2.24) is 0 Å². The van der Waals surface area contributed by atoms with Crippen molar-refractivity contribution in [3.63, 3.8) is 0 Å². The molecule has 1 saturated heterocycles. The molecule has 1 fully saturated rings. The molecule has 0 radical (unpaired) electrons. The average Bonchev–Trinajstić information content (AvgIpc) is 2.81. The van der Waals surface area contributed by atoms with Crippen LogP contribution in [0.4, 0.5) is 0 Å². The van der Waals surface area contributed by atoms with Gasteiger partial charge in [-0.3, -0.25) is 0 Å². The van der Waals surface area contributed by atoms with Gasteiger partial charge in [-0.05, 0) is 49.4 Å². The molecule has 0 aromatic heterocycles. The van der Waals surface area contributed by atoms with Gasteiger partial charge >= 0.3 is 0 Å². The molecule has 1 aromatic rings. The largest absolute Gasteiger partial charge is 0.378 e. The van der Waals surface area contributed by atoms with Crippen LogP contribution in [0.3, 0.4) is 0 Å². The van der Waals surface area contributed by atoms with Gasteiger partial charge in [0.25, 0.3) is 0 Å². The molecule has 100 valence electrons. The van der Waals surface area contributed by atoms with Crippen LogP contribution in [0.25, 0.3) is 0 Å². The highest BCUT2D eigenvalue weighted by Gasteiger charge is 2.34. The Morgan fingerprint density at radius 2 is 2.06 bits per heavy atom. The molecule has 3 atom stereocenters. The molecule has 0 saturated carbocycles. The second kappa shape index (κ2) is 5.94. The van der Waals surface area contributed by atoms with Crippen LogP contribution in [0, 0.1) is 19.8 Å². The lowest BCUT2D eigenvalue weighted by Crippen LogP contribution is -2.19. The third kappa shape index (κ3) is 2.76. The molecule has 1 aromatic carbocycles. The fourth-order valence-corrected chi connectivity index (χ4v) is 4.12. The monoisotopic (exact) mass is 330 g/mol. The Morgan fingerprint density at radius 3 is 2.72 bits per heavy atom. The Bertz CT molecular complexity index is 433. The summed E-state index contributed by atoms with van der Waals surface area (Å²) < 4.78 is 5.78. The van der Waals surface area contributed by atoms with Crippen molar-refractivity contribution in [3.05, 3.63) is 33.8 Å². The summed E-state index contributed by atoms with van der Waals surface area (Å²) >= 11 is 10.2. The van der Waals surface area contributed by atoms with Gasteiger partial charge in [-0.1, -0.05) is 40.5 Å². The van der Waals surface area contributed by atoms with Crippen LogP contribution in [0.5, 0.6) is 0 Å². The van der Waals surface area contributed by atoms with Crippen LogP contribution in [-0.4, -0.2) is 12.7 Å². The van der Waals surface area contributed by atoms with Gasteiger partial charge < -0.3 is 4.74 Å². The number of hydrogen-bond acceptors (Lipinski definition) is 1. The van der Waals surface area contributed by atoms with E-state index < -0.39 is 0 Å². The first-order valence-electron chi connectivity index (χ1n) is 6.57. The maximum atomic E-state index is 6.39. The predicted octanol–water partition coefficient (Wildman–Crippen LogP) is 5.21. The summed E-state index contributed by atoms with van der Waals surface area (Å²) in [6.45, 7) is 7.29. The number of rotatable bonds is 3. The first-order chi connectivity index (χ1) is 8.54. The van der Waals surface area contributed by atoms with Gasteiger partial charge in [-0.25, -0.2) is 0 Å². The quantitative estimate of drug-likeness (QED) is 0.691. The molecular formula is C15H20BrClO. The SMILES string of the molecule is CCC1OCCC1C(Br)c1cc(C)c(C)cc1Cl. The van der Waals surface area contributed by atoms with E-state index in [1.165, 1.54) is 16.7 Å². The third-order valence-electron chi connectivity index (χ3n) is 3.95. The molecule has 3 heteroatoms. The summed E-state index contributed by atoms with van der Waals surface area (Å²) in [5, 5.41) is 0.863. The Morgan fingerprint density at radius 1 is 1.39 bits per heavy atom. The smallest absolute Gasteiger partial charge is 0.0615 e. The summed E-state index contributed by atoms with van der Waals surface area (Å²) in [5.74, 6) is 0.523. The van der Waals surface area contributed by atoms with E-state index in [-0.39, 0.29) is 4.83 Å². The standard InChI is InChI=1S/C15H20BrClO/c1-4-14-11(5-6-18-14)15(16)12-7-9(2)10(3)8-13(12)17/h7-8,11,14-15H,4-6H2,1-3H3. The molecular weight excluding hydrogens is 312 g/mol. The molecule has 1 heterocycles. The van der Waals surface area contributed by atoms with Crippen molar-refractivity contribution >= 4 is 27.5 Å². The topological polar surface area (TPSA) is 9.23 Å². The molecule has 0 aliphatic carbocycles. The molecule has 1 aliphatic rings. The van der Waals surface area contributed by atoms with Crippen molar-refractivity contribution in [3.8, 4) is 0 Å². The molecule has 0 bridgehead atoms. The fraction of sp³-hybridized carbons (Fsp3) is 0.600. The van der Waals surface area contributed by atoms with Crippen LogP contribution in [-0.2, 0) is 4.74 Å². The van der Waals surface area contributed by atoms with Crippen LogP contribution in [0.1, 0.15) is 41.3 Å². The summed E-state index contributed by atoms with van der Waals surface area (Å²) in [6.07, 6.45) is 2.53. The minimum atomic E-state index is 0.289. The minimum Gasteiger partial charge on any atom is -0.378 e. The zero-order valence-electron chi connectivity index (χ0n) is 11.2. The Labute approximate surface area is 123 Å². The second-order valence-corrected chi connectivity index (χ2v) is 6.52. The molecule has 0 spiro atoms. The van der Waals surface area contributed by atoms with Crippen molar-refractivity contribution in [2.45, 2.75) is 44.5 Å². The number of hydrogen-bond donors (Lipinski definition) is 0. The Kier molecular flexibility index (Phi) is 4.74. The lowest BCUT2D eigenvalue weighted by molar-refractivity contribution is 0.0873. The van der Waals surface area contributed by atoms with Gasteiger partial charge in [0.1, 0.15) is 0 Å². The maximum absolute atomic E-state index is 6.39. The van der Waals surface area contributed by atoms with Crippen molar-refractivity contribution < 1.29 is 4.74 Å². The molecule has 0 amide bonds. The van der Waals surface area contributed by atoms with Gasteiger partial charge in [0.15, 0.2) is 0 Å². The summed E-state index contributed by atoms with van der Waals surface area (Å²) in [4.78, 5) is 0.289. The lowest BCUT2D eigenvalue weighted by Gasteiger charge is -2.24. The molecule has 3 unspecified atom stereocenters. The van der Waals surface area contributed by atoms with Gasteiger partial charge in [-0.2, -0.15) is 0 Å². The van der Waals surface area contributed by atoms with E-state index in [1.54, 1.807) is 0 Å². The van der Waals surface area contributed by atoms with Gasteiger partial charge in [-0.15, -0.1) is 0 Å². The number of ether oxygens (including phenoxy) is 1. The molecule has 2 rings (SSSR count). The highest BCUT2D eigenvalue weighted by Crippen LogP contribution is 2.43. The first-order valence-corrected chi connectivity index (χ1v) is 7.86. The zero-order valence-corrected chi connectivity index (χ0v) is 13.5. The molecule has 1 aliphatic heterocycles. The highest BCUT2D eigenvalue weighted by molar-refractivity contribution is 9.09. The summed E-state index contributed by atoms with van der Waals surface area (Å²) in [7, 11) is 0. The summed E-state index contributed by atoms with van der Waals surface area (Å²) in [6, 6.07) is 4.28. The zero-order chi connectivity index (χ0) is 13.3.